The topological polar surface area (TPSA) is 98.5 Å². The molecule has 0 aliphatic carbocycles. The number of carbonyl (C=O) groups excluding carboxylic acids is 3. The van der Waals surface area contributed by atoms with E-state index in [2.05, 4.69) is 5.32 Å². The number of nitrogens with two attached hydrogens (primary N) is 1. The zero-order valence-corrected chi connectivity index (χ0v) is 13.7. The molecule has 24 heavy (non-hydrogen) atoms. The first kappa shape index (κ1) is 17.4. The number of hydrogen-bond donors (Lipinski definition) is 2. The van der Waals surface area contributed by atoms with Gasteiger partial charge in [0.25, 0.3) is 5.91 Å². The normalized spacial score (nSPS) is 11.9. The van der Waals surface area contributed by atoms with Gasteiger partial charge in [0.05, 0.1) is 0 Å². The number of rotatable bonds is 6. The number of esters is 1. The number of amides is 2. The van der Waals surface area contributed by atoms with Crippen LogP contribution in [0.3, 0.4) is 0 Å². The minimum absolute atomic E-state index is 0.339. The zero-order valence-electron chi connectivity index (χ0n) is 12.9. The van der Waals surface area contributed by atoms with Crippen LogP contribution in [0.5, 0.6) is 0 Å². The Morgan fingerprint density at radius 2 is 1.92 bits per heavy atom. The molecule has 6 nitrogen and oxygen atoms in total. The molecule has 1 aromatic heterocycles. The summed E-state index contributed by atoms with van der Waals surface area (Å²) in [5, 5.41) is 4.49. The maximum Gasteiger partial charge on any atom is 0.331 e. The lowest BCUT2D eigenvalue weighted by Gasteiger charge is -2.12. The lowest BCUT2D eigenvalue weighted by molar-refractivity contribution is -0.148. The van der Waals surface area contributed by atoms with E-state index in [1.54, 1.807) is 18.2 Å². The van der Waals surface area contributed by atoms with E-state index in [-0.39, 0.29) is 0 Å². The third kappa shape index (κ3) is 5.06. The molecule has 124 valence electrons. The van der Waals surface area contributed by atoms with E-state index in [1.165, 1.54) is 36.5 Å². The maximum atomic E-state index is 12.0. The van der Waals surface area contributed by atoms with Gasteiger partial charge in [-0.1, -0.05) is 6.07 Å². The number of thiophene rings is 1. The Morgan fingerprint density at radius 3 is 2.50 bits per heavy atom. The summed E-state index contributed by atoms with van der Waals surface area (Å²) in [6, 6.07) is 9.82. The van der Waals surface area contributed by atoms with Crippen LogP contribution < -0.4 is 11.1 Å². The largest absolute Gasteiger partial charge is 0.449 e. The quantitative estimate of drug-likeness (QED) is 0.621. The van der Waals surface area contributed by atoms with E-state index in [0.29, 0.717) is 11.3 Å². The molecule has 2 amide bonds. The Labute approximate surface area is 142 Å². The van der Waals surface area contributed by atoms with Crippen LogP contribution in [0.15, 0.2) is 47.9 Å². The fourth-order valence-electron chi connectivity index (χ4n) is 1.77. The summed E-state index contributed by atoms with van der Waals surface area (Å²) < 4.78 is 5.04. The minimum atomic E-state index is -0.957. The van der Waals surface area contributed by atoms with Crippen LogP contribution in [0.1, 0.15) is 22.2 Å². The molecule has 0 bridgehead atoms. The van der Waals surface area contributed by atoms with Crippen LogP contribution in [-0.4, -0.2) is 23.9 Å². The number of hydrogen-bond acceptors (Lipinski definition) is 5. The van der Waals surface area contributed by atoms with Crippen LogP contribution in [0, 0.1) is 0 Å². The molecule has 1 aromatic carbocycles. The van der Waals surface area contributed by atoms with Gasteiger partial charge in [-0.15, -0.1) is 11.3 Å². The van der Waals surface area contributed by atoms with E-state index in [1.807, 2.05) is 17.5 Å². The molecule has 2 aromatic rings. The summed E-state index contributed by atoms with van der Waals surface area (Å²) in [5.41, 5.74) is 5.96. The Morgan fingerprint density at radius 1 is 1.21 bits per heavy atom. The molecule has 1 atom stereocenters. The van der Waals surface area contributed by atoms with Crippen LogP contribution in [0.25, 0.3) is 6.08 Å². The first-order valence-corrected chi connectivity index (χ1v) is 7.96. The predicted octanol–water partition coefficient (Wildman–Crippen LogP) is 2.43. The molecule has 7 heteroatoms. The van der Waals surface area contributed by atoms with Crippen LogP contribution >= 0.6 is 11.3 Å². The van der Waals surface area contributed by atoms with Crippen LogP contribution in [-0.2, 0) is 14.3 Å². The van der Waals surface area contributed by atoms with Crippen molar-refractivity contribution in [3.05, 3.63) is 58.3 Å². The summed E-state index contributed by atoms with van der Waals surface area (Å²) in [6.45, 7) is 1.48. The highest BCUT2D eigenvalue weighted by Crippen LogP contribution is 2.12. The predicted molar refractivity (Wildman–Crippen MR) is 92.5 cm³/mol. The Kier molecular flexibility index (Phi) is 5.86. The third-order valence-corrected chi connectivity index (χ3v) is 3.86. The van der Waals surface area contributed by atoms with Crippen LogP contribution in [0.4, 0.5) is 5.69 Å². The number of nitrogens with one attached hydrogen (secondary N) is 1. The van der Waals surface area contributed by atoms with Gasteiger partial charge in [-0.05, 0) is 48.7 Å². The summed E-state index contributed by atoms with van der Waals surface area (Å²) in [7, 11) is 0. The van der Waals surface area contributed by atoms with Gasteiger partial charge in [0.15, 0.2) is 6.10 Å². The van der Waals surface area contributed by atoms with Crippen molar-refractivity contribution in [1.82, 2.24) is 0 Å². The molecule has 0 fully saturated rings. The first-order valence-electron chi connectivity index (χ1n) is 7.08. The van der Waals surface area contributed by atoms with Crippen molar-refractivity contribution >= 4 is 40.9 Å². The molecule has 0 saturated carbocycles. The van der Waals surface area contributed by atoms with E-state index in [0.717, 1.165) is 4.88 Å². The SMILES string of the molecule is C[C@@H](OC(=O)/C=C/c1cccs1)C(=O)Nc1ccc(C(N)=O)cc1. The van der Waals surface area contributed by atoms with Gasteiger partial charge in [0.1, 0.15) is 0 Å². The van der Waals surface area contributed by atoms with Crippen molar-refractivity contribution in [3.8, 4) is 0 Å². The molecule has 2 rings (SSSR count). The van der Waals surface area contributed by atoms with Gasteiger partial charge in [0, 0.05) is 22.2 Å². The summed E-state index contributed by atoms with van der Waals surface area (Å²) in [6.07, 6.45) is 1.94. The van der Waals surface area contributed by atoms with Crippen molar-refractivity contribution in [1.29, 1.82) is 0 Å². The Bertz CT molecular complexity index is 751. The third-order valence-electron chi connectivity index (χ3n) is 3.03. The highest BCUT2D eigenvalue weighted by molar-refractivity contribution is 7.10. The number of carbonyl (C=O) groups is 3. The van der Waals surface area contributed by atoms with Gasteiger partial charge >= 0.3 is 5.97 Å². The molecular weight excluding hydrogens is 328 g/mol. The van der Waals surface area contributed by atoms with Gasteiger partial charge in [-0.25, -0.2) is 4.79 Å². The van der Waals surface area contributed by atoms with Gasteiger partial charge in [-0.3, -0.25) is 9.59 Å². The fraction of sp³-hybridized carbons (Fsp3) is 0.118. The second-order valence-corrected chi connectivity index (χ2v) is 5.84. The number of ether oxygens (including phenoxy) is 1. The van der Waals surface area contributed by atoms with Gasteiger partial charge < -0.3 is 15.8 Å². The van der Waals surface area contributed by atoms with Crippen molar-refractivity contribution in [2.45, 2.75) is 13.0 Å². The summed E-state index contributed by atoms with van der Waals surface area (Å²) in [5.74, 6) is -1.62. The van der Waals surface area contributed by atoms with E-state index in [9.17, 15) is 14.4 Å². The highest BCUT2D eigenvalue weighted by Gasteiger charge is 2.16. The standard InChI is InChI=1S/C17H16N2O4S/c1-11(23-15(20)9-8-14-3-2-10-24-14)17(22)19-13-6-4-12(5-7-13)16(18)21/h2-11H,1H3,(H2,18,21)(H,19,22)/b9-8+/t11-/m1/s1. The molecule has 1 heterocycles. The lowest BCUT2D eigenvalue weighted by Crippen LogP contribution is -2.29. The highest BCUT2D eigenvalue weighted by atomic mass is 32.1. The molecule has 0 saturated heterocycles. The molecule has 0 radical (unpaired) electrons. The number of benzene rings is 1. The molecule has 3 N–H and O–H groups in total. The molecular formula is C17H16N2O4S. The first-order chi connectivity index (χ1) is 11.5. The van der Waals surface area contributed by atoms with E-state index < -0.39 is 23.9 Å². The number of anilines is 1. The summed E-state index contributed by atoms with van der Waals surface area (Å²) >= 11 is 1.49. The van der Waals surface area contributed by atoms with Gasteiger partial charge in [-0.2, -0.15) is 0 Å². The number of primary amides is 1. The average molecular weight is 344 g/mol. The van der Waals surface area contributed by atoms with Crippen LogP contribution in [0.2, 0.25) is 0 Å². The van der Waals surface area contributed by atoms with Crippen molar-refractivity contribution in [3.63, 3.8) is 0 Å². The second kappa shape index (κ2) is 8.07. The van der Waals surface area contributed by atoms with Crippen molar-refractivity contribution in [2.75, 3.05) is 5.32 Å². The zero-order chi connectivity index (χ0) is 17.5. The monoisotopic (exact) mass is 344 g/mol. The summed E-state index contributed by atoms with van der Waals surface area (Å²) in [4.78, 5) is 35.6. The van der Waals surface area contributed by atoms with Crippen molar-refractivity contribution < 1.29 is 19.1 Å². The minimum Gasteiger partial charge on any atom is -0.449 e. The van der Waals surface area contributed by atoms with E-state index >= 15 is 0 Å². The van der Waals surface area contributed by atoms with Crippen molar-refractivity contribution in [2.24, 2.45) is 5.73 Å². The average Bonchev–Trinajstić information content (AvgIpc) is 3.06. The van der Waals surface area contributed by atoms with E-state index in [4.69, 9.17) is 10.5 Å². The fourth-order valence-corrected chi connectivity index (χ4v) is 2.38. The Balaban J connectivity index is 1.87. The molecule has 0 unspecified atom stereocenters. The molecule has 0 aliphatic rings. The molecule has 0 aliphatic heterocycles. The lowest BCUT2D eigenvalue weighted by atomic mass is 10.2. The van der Waals surface area contributed by atoms with Gasteiger partial charge in [0.2, 0.25) is 5.91 Å². The maximum absolute atomic E-state index is 12.0. The molecule has 0 spiro atoms. The Hall–Kier alpha value is -2.93. The second-order valence-electron chi connectivity index (χ2n) is 4.86. The smallest absolute Gasteiger partial charge is 0.331 e.